The molecule has 2 aromatic rings. The second kappa shape index (κ2) is 9.20. The number of pyridine rings is 1. The third kappa shape index (κ3) is 5.33. The Morgan fingerprint density at radius 1 is 1.27 bits per heavy atom. The van der Waals surface area contributed by atoms with Gasteiger partial charge < -0.3 is 15.4 Å². The van der Waals surface area contributed by atoms with Crippen molar-refractivity contribution in [3.8, 4) is 6.07 Å². The van der Waals surface area contributed by atoms with Crippen molar-refractivity contribution in [2.45, 2.75) is 6.92 Å². The van der Waals surface area contributed by atoms with Gasteiger partial charge in [0.05, 0.1) is 17.2 Å². The first kappa shape index (κ1) is 19.0. The summed E-state index contributed by atoms with van der Waals surface area (Å²) in [5.41, 5.74) is 0.668. The van der Waals surface area contributed by atoms with Gasteiger partial charge in [0.1, 0.15) is 17.5 Å². The van der Waals surface area contributed by atoms with Gasteiger partial charge >= 0.3 is 5.97 Å². The fraction of sp³-hybridized carbons (Fsp3) is 0.111. The number of esters is 1. The average molecular weight is 371 g/mol. The standard InChI is InChI=1S/C18H15ClN4O3/c1-2-26-18(25)12-3-6-15(7-4-12)23-17(24)13(9-20)10-21-16-8-5-14(19)11-22-16/h3-8,10-11H,2H2,1H3,(H,21,22)(H,23,24)/b13-10-. The number of ether oxygens (including phenoxy) is 1. The molecule has 1 aromatic carbocycles. The molecule has 1 amide bonds. The number of amides is 1. The molecule has 0 radical (unpaired) electrons. The van der Waals surface area contributed by atoms with Crippen molar-refractivity contribution in [2.75, 3.05) is 17.2 Å². The first-order chi connectivity index (χ1) is 12.5. The lowest BCUT2D eigenvalue weighted by atomic mass is 10.2. The zero-order valence-corrected chi connectivity index (χ0v) is 14.6. The van der Waals surface area contributed by atoms with Crippen LogP contribution in [0.4, 0.5) is 11.5 Å². The molecular weight excluding hydrogens is 356 g/mol. The molecule has 0 aliphatic rings. The number of benzene rings is 1. The Morgan fingerprint density at radius 3 is 2.58 bits per heavy atom. The monoisotopic (exact) mass is 370 g/mol. The zero-order valence-electron chi connectivity index (χ0n) is 13.8. The number of rotatable bonds is 6. The highest BCUT2D eigenvalue weighted by Crippen LogP contribution is 2.13. The van der Waals surface area contributed by atoms with Crippen LogP contribution in [0, 0.1) is 11.3 Å². The van der Waals surface area contributed by atoms with Gasteiger partial charge in [-0.05, 0) is 43.3 Å². The molecule has 0 aliphatic heterocycles. The van der Waals surface area contributed by atoms with Gasteiger partial charge in [0, 0.05) is 18.1 Å². The highest BCUT2D eigenvalue weighted by atomic mass is 35.5. The van der Waals surface area contributed by atoms with Gasteiger partial charge in [0.25, 0.3) is 5.91 Å². The van der Waals surface area contributed by atoms with E-state index in [1.807, 2.05) is 6.07 Å². The third-order valence-electron chi connectivity index (χ3n) is 3.11. The van der Waals surface area contributed by atoms with Crippen LogP contribution in [0.15, 0.2) is 54.4 Å². The number of anilines is 2. The van der Waals surface area contributed by atoms with Crippen molar-refractivity contribution in [2.24, 2.45) is 0 Å². The number of nitrogens with zero attached hydrogens (tertiary/aromatic N) is 2. The van der Waals surface area contributed by atoms with Gasteiger partial charge in [-0.1, -0.05) is 11.6 Å². The molecule has 1 heterocycles. The molecule has 2 rings (SSSR count). The van der Waals surface area contributed by atoms with E-state index in [4.69, 9.17) is 21.6 Å². The summed E-state index contributed by atoms with van der Waals surface area (Å²) in [7, 11) is 0. The Morgan fingerprint density at radius 2 is 2.00 bits per heavy atom. The Balaban J connectivity index is 2.02. The summed E-state index contributed by atoms with van der Waals surface area (Å²) in [4.78, 5) is 27.8. The highest BCUT2D eigenvalue weighted by Gasteiger charge is 2.11. The highest BCUT2D eigenvalue weighted by molar-refractivity contribution is 6.30. The molecule has 1 aromatic heterocycles. The average Bonchev–Trinajstić information content (AvgIpc) is 2.64. The summed E-state index contributed by atoms with van der Waals surface area (Å²) in [6.07, 6.45) is 2.69. The van der Waals surface area contributed by atoms with Crippen LogP contribution < -0.4 is 10.6 Å². The maximum Gasteiger partial charge on any atom is 0.338 e. The van der Waals surface area contributed by atoms with Gasteiger partial charge in [-0.15, -0.1) is 0 Å². The zero-order chi connectivity index (χ0) is 18.9. The van der Waals surface area contributed by atoms with E-state index in [1.54, 1.807) is 31.2 Å². The van der Waals surface area contributed by atoms with Crippen LogP contribution in [0.2, 0.25) is 5.02 Å². The molecular formula is C18H15ClN4O3. The molecule has 0 aliphatic carbocycles. The van der Waals surface area contributed by atoms with Gasteiger partial charge in [-0.3, -0.25) is 4.79 Å². The smallest absolute Gasteiger partial charge is 0.338 e. The predicted molar refractivity (Wildman–Crippen MR) is 97.6 cm³/mol. The minimum absolute atomic E-state index is 0.142. The first-order valence-electron chi connectivity index (χ1n) is 7.60. The first-order valence-corrected chi connectivity index (χ1v) is 7.98. The van der Waals surface area contributed by atoms with Crippen LogP contribution in [0.1, 0.15) is 17.3 Å². The summed E-state index contributed by atoms with van der Waals surface area (Å²) in [6, 6.07) is 11.2. The number of halogens is 1. The molecule has 2 N–H and O–H groups in total. The van der Waals surface area contributed by atoms with Crippen LogP contribution in [0.25, 0.3) is 0 Å². The van der Waals surface area contributed by atoms with Crippen molar-refractivity contribution in [1.82, 2.24) is 4.98 Å². The Kier molecular flexibility index (Phi) is 6.71. The van der Waals surface area contributed by atoms with Crippen LogP contribution in [-0.2, 0) is 9.53 Å². The SMILES string of the molecule is CCOC(=O)c1ccc(NC(=O)/C(C#N)=C\Nc2ccc(Cl)cn2)cc1. The second-order valence-electron chi connectivity index (χ2n) is 4.93. The van der Waals surface area contributed by atoms with Crippen LogP contribution in [-0.4, -0.2) is 23.5 Å². The van der Waals surface area contributed by atoms with Crippen molar-refractivity contribution in [3.05, 3.63) is 65.0 Å². The summed E-state index contributed by atoms with van der Waals surface area (Å²) in [5, 5.41) is 15.0. The van der Waals surface area contributed by atoms with E-state index in [0.717, 1.165) is 0 Å². The molecule has 8 heteroatoms. The molecule has 0 bridgehead atoms. The Bertz CT molecular complexity index is 856. The Labute approximate surface area is 155 Å². The number of carbonyl (C=O) groups excluding carboxylic acids is 2. The lowest BCUT2D eigenvalue weighted by molar-refractivity contribution is -0.112. The number of nitrogens with one attached hydrogen (secondary N) is 2. The molecule has 0 unspecified atom stereocenters. The van der Waals surface area contributed by atoms with E-state index in [1.165, 1.54) is 24.5 Å². The number of carbonyl (C=O) groups is 2. The fourth-order valence-electron chi connectivity index (χ4n) is 1.86. The van der Waals surface area contributed by atoms with Gasteiger partial charge in [-0.25, -0.2) is 9.78 Å². The van der Waals surface area contributed by atoms with Crippen molar-refractivity contribution >= 4 is 35.0 Å². The van der Waals surface area contributed by atoms with Crippen LogP contribution >= 0.6 is 11.6 Å². The van der Waals surface area contributed by atoms with E-state index in [9.17, 15) is 9.59 Å². The normalized spacial score (nSPS) is 10.6. The number of aromatic nitrogens is 1. The lowest BCUT2D eigenvalue weighted by Crippen LogP contribution is -2.15. The summed E-state index contributed by atoms with van der Waals surface area (Å²) in [6.45, 7) is 2.00. The maximum absolute atomic E-state index is 12.2. The van der Waals surface area contributed by atoms with E-state index >= 15 is 0 Å². The van der Waals surface area contributed by atoms with Crippen molar-refractivity contribution < 1.29 is 14.3 Å². The molecule has 7 nitrogen and oxygen atoms in total. The summed E-state index contributed by atoms with van der Waals surface area (Å²) < 4.78 is 4.88. The molecule has 0 spiro atoms. The van der Waals surface area contributed by atoms with Gasteiger partial charge in [0.2, 0.25) is 0 Å². The van der Waals surface area contributed by atoms with Crippen molar-refractivity contribution in [3.63, 3.8) is 0 Å². The predicted octanol–water partition coefficient (Wildman–Crippen LogP) is 3.37. The van der Waals surface area contributed by atoms with E-state index < -0.39 is 11.9 Å². The van der Waals surface area contributed by atoms with E-state index in [-0.39, 0.29) is 12.2 Å². The number of nitriles is 1. The summed E-state index contributed by atoms with van der Waals surface area (Å²) in [5.74, 6) is -0.603. The van der Waals surface area contributed by atoms with Gasteiger partial charge in [-0.2, -0.15) is 5.26 Å². The quantitative estimate of drug-likeness (QED) is 0.459. The largest absolute Gasteiger partial charge is 0.462 e. The lowest BCUT2D eigenvalue weighted by Gasteiger charge is -2.06. The minimum atomic E-state index is -0.599. The fourth-order valence-corrected chi connectivity index (χ4v) is 1.97. The second-order valence-corrected chi connectivity index (χ2v) is 5.36. The molecule has 0 atom stereocenters. The van der Waals surface area contributed by atoms with Crippen LogP contribution in [0.3, 0.4) is 0 Å². The Hall–Kier alpha value is -3.37. The number of hydrogen-bond acceptors (Lipinski definition) is 6. The van der Waals surface area contributed by atoms with E-state index in [0.29, 0.717) is 22.1 Å². The van der Waals surface area contributed by atoms with Crippen LogP contribution in [0.5, 0.6) is 0 Å². The maximum atomic E-state index is 12.2. The molecule has 0 saturated carbocycles. The third-order valence-corrected chi connectivity index (χ3v) is 3.33. The number of hydrogen-bond donors (Lipinski definition) is 2. The molecule has 0 saturated heterocycles. The molecule has 26 heavy (non-hydrogen) atoms. The minimum Gasteiger partial charge on any atom is -0.462 e. The summed E-state index contributed by atoms with van der Waals surface area (Å²) >= 11 is 5.74. The molecule has 132 valence electrons. The van der Waals surface area contributed by atoms with Crippen molar-refractivity contribution in [1.29, 1.82) is 5.26 Å². The topological polar surface area (TPSA) is 104 Å². The van der Waals surface area contributed by atoms with Gasteiger partial charge in [0.15, 0.2) is 0 Å². The molecule has 0 fully saturated rings. The van der Waals surface area contributed by atoms with E-state index in [2.05, 4.69) is 15.6 Å².